The van der Waals surface area contributed by atoms with Crippen LogP contribution in [0, 0.1) is 6.92 Å². The summed E-state index contributed by atoms with van der Waals surface area (Å²) in [6.07, 6.45) is -1.74. The maximum Gasteiger partial charge on any atom is 0.180 e. The normalized spacial score (nSPS) is 14.2. The molecule has 0 aliphatic rings. The fourth-order valence-electron chi connectivity index (χ4n) is 2.07. The highest BCUT2D eigenvalue weighted by molar-refractivity contribution is 7.15. The standard InChI is InChI=1S/C14H19N3O2S/c1-8-12(17-14(15)20-8)9-3-5-10(6-4-9)13(19)11(18)7-16-2/h3-6,11,13,16,18-19H,7H2,1-2H3,(H2,15,17). The quantitative estimate of drug-likeness (QED) is 0.667. The molecule has 0 bridgehead atoms. The van der Waals surface area contributed by atoms with Gasteiger partial charge in [0.1, 0.15) is 6.10 Å². The number of aliphatic hydroxyl groups excluding tert-OH is 2. The molecule has 0 fully saturated rings. The summed E-state index contributed by atoms with van der Waals surface area (Å²) in [5.41, 5.74) is 8.19. The first-order valence-electron chi connectivity index (χ1n) is 6.37. The molecule has 6 heteroatoms. The van der Waals surface area contributed by atoms with Gasteiger partial charge in [0.2, 0.25) is 0 Å². The molecular formula is C14H19N3O2S. The number of nitrogen functional groups attached to an aromatic ring is 1. The molecule has 2 atom stereocenters. The number of rotatable bonds is 5. The topological polar surface area (TPSA) is 91.4 Å². The molecule has 0 amide bonds. The fraction of sp³-hybridized carbons (Fsp3) is 0.357. The van der Waals surface area contributed by atoms with Gasteiger partial charge >= 0.3 is 0 Å². The zero-order chi connectivity index (χ0) is 14.7. The first-order valence-corrected chi connectivity index (χ1v) is 7.18. The summed E-state index contributed by atoms with van der Waals surface area (Å²) in [7, 11) is 1.73. The lowest BCUT2D eigenvalue weighted by Gasteiger charge is -2.18. The molecule has 1 aromatic heterocycles. The van der Waals surface area contributed by atoms with Crippen LogP contribution >= 0.6 is 11.3 Å². The molecule has 2 aromatic rings. The monoisotopic (exact) mass is 293 g/mol. The van der Waals surface area contributed by atoms with E-state index < -0.39 is 12.2 Å². The zero-order valence-electron chi connectivity index (χ0n) is 11.5. The van der Waals surface area contributed by atoms with E-state index >= 15 is 0 Å². The largest absolute Gasteiger partial charge is 0.389 e. The van der Waals surface area contributed by atoms with Gasteiger partial charge in [-0.3, -0.25) is 0 Å². The molecule has 0 radical (unpaired) electrons. The average molecular weight is 293 g/mol. The van der Waals surface area contributed by atoms with Crippen LogP contribution in [0.4, 0.5) is 5.13 Å². The molecule has 2 unspecified atom stereocenters. The maximum absolute atomic E-state index is 10.0. The SMILES string of the molecule is CNCC(O)C(O)c1ccc(-c2nc(N)sc2C)cc1. The van der Waals surface area contributed by atoms with Crippen LogP contribution in [0.15, 0.2) is 24.3 Å². The maximum atomic E-state index is 10.0. The summed E-state index contributed by atoms with van der Waals surface area (Å²) < 4.78 is 0. The van der Waals surface area contributed by atoms with Gasteiger partial charge in [-0.25, -0.2) is 4.98 Å². The van der Waals surface area contributed by atoms with Gasteiger partial charge in [-0.1, -0.05) is 24.3 Å². The lowest BCUT2D eigenvalue weighted by atomic mass is 10.0. The van der Waals surface area contributed by atoms with Gasteiger partial charge in [-0.2, -0.15) is 0 Å². The van der Waals surface area contributed by atoms with E-state index in [1.165, 1.54) is 11.3 Å². The summed E-state index contributed by atoms with van der Waals surface area (Å²) in [4.78, 5) is 5.36. The van der Waals surface area contributed by atoms with Crippen molar-refractivity contribution in [1.29, 1.82) is 0 Å². The molecule has 0 saturated carbocycles. The second kappa shape index (κ2) is 6.32. The van der Waals surface area contributed by atoms with Crippen molar-refractivity contribution in [2.45, 2.75) is 19.1 Å². The van der Waals surface area contributed by atoms with E-state index in [1.54, 1.807) is 19.2 Å². The predicted molar refractivity (Wildman–Crippen MR) is 81.6 cm³/mol. The molecule has 0 saturated heterocycles. The lowest BCUT2D eigenvalue weighted by Crippen LogP contribution is -2.29. The van der Waals surface area contributed by atoms with Crippen molar-refractivity contribution >= 4 is 16.5 Å². The Kier molecular flexibility index (Phi) is 4.72. The summed E-state index contributed by atoms with van der Waals surface area (Å²) >= 11 is 1.46. The van der Waals surface area contributed by atoms with E-state index in [2.05, 4.69) is 10.3 Å². The first kappa shape index (κ1) is 14.9. The van der Waals surface area contributed by atoms with Crippen molar-refractivity contribution in [2.75, 3.05) is 19.3 Å². The van der Waals surface area contributed by atoms with Crippen molar-refractivity contribution in [3.63, 3.8) is 0 Å². The third-order valence-electron chi connectivity index (χ3n) is 3.12. The molecule has 0 aliphatic heterocycles. The predicted octanol–water partition coefficient (Wildman–Crippen LogP) is 1.31. The van der Waals surface area contributed by atoms with Gasteiger partial charge in [0.05, 0.1) is 11.8 Å². The third-order valence-corrected chi connectivity index (χ3v) is 3.92. The number of benzene rings is 1. The van der Waals surface area contributed by atoms with Crippen LogP contribution in [0.3, 0.4) is 0 Å². The number of nitrogens with two attached hydrogens (primary N) is 1. The van der Waals surface area contributed by atoms with E-state index in [0.29, 0.717) is 17.2 Å². The Morgan fingerprint density at radius 3 is 2.45 bits per heavy atom. The number of aromatic nitrogens is 1. The van der Waals surface area contributed by atoms with Crippen LogP contribution in [0.25, 0.3) is 11.3 Å². The highest BCUT2D eigenvalue weighted by Gasteiger charge is 2.17. The fourth-order valence-corrected chi connectivity index (χ4v) is 2.78. The van der Waals surface area contributed by atoms with Crippen molar-refractivity contribution in [2.24, 2.45) is 0 Å². The Balaban J connectivity index is 2.20. The minimum Gasteiger partial charge on any atom is -0.389 e. The molecule has 20 heavy (non-hydrogen) atoms. The van der Waals surface area contributed by atoms with Gasteiger partial charge < -0.3 is 21.3 Å². The molecule has 108 valence electrons. The smallest absolute Gasteiger partial charge is 0.180 e. The molecule has 5 nitrogen and oxygen atoms in total. The second-order valence-corrected chi connectivity index (χ2v) is 5.88. The van der Waals surface area contributed by atoms with Crippen LogP contribution in [-0.2, 0) is 0 Å². The summed E-state index contributed by atoms with van der Waals surface area (Å²) in [6.45, 7) is 2.31. The van der Waals surface area contributed by atoms with Crippen molar-refractivity contribution in [3.8, 4) is 11.3 Å². The van der Waals surface area contributed by atoms with Gasteiger partial charge in [0.25, 0.3) is 0 Å². The Morgan fingerprint density at radius 1 is 1.30 bits per heavy atom. The Labute approximate surface area is 122 Å². The van der Waals surface area contributed by atoms with Crippen LogP contribution in [0.2, 0.25) is 0 Å². The van der Waals surface area contributed by atoms with E-state index in [0.717, 1.165) is 16.1 Å². The number of hydrogen-bond donors (Lipinski definition) is 4. The molecule has 0 spiro atoms. The van der Waals surface area contributed by atoms with Gasteiger partial charge in [0, 0.05) is 17.0 Å². The highest BCUT2D eigenvalue weighted by Crippen LogP contribution is 2.29. The number of nitrogens with one attached hydrogen (secondary N) is 1. The summed E-state index contributed by atoms with van der Waals surface area (Å²) in [5.74, 6) is 0. The minimum atomic E-state index is -0.905. The van der Waals surface area contributed by atoms with E-state index in [9.17, 15) is 10.2 Å². The minimum absolute atomic E-state index is 0.338. The molecule has 0 aliphatic carbocycles. The van der Waals surface area contributed by atoms with E-state index in [1.807, 2.05) is 19.1 Å². The number of thiazole rings is 1. The van der Waals surface area contributed by atoms with E-state index in [4.69, 9.17) is 5.73 Å². The number of aryl methyl sites for hydroxylation is 1. The molecule has 2 rings (SSSR count). The molecule has 1 aromatic carbocycles. The molecular weight excluding hydrogens is 274 g/mol. The average Bonchev–Trinajstić information content (AvgIpc) is 2.77. The number of hydrogen-bond acceptors (Lipinski definition) is 6. The number of likely N-dealkylation sites (N-methyl/N-ethyl adjacent to an activating group) is 1. The summed E-state index contributed by atoms with van der Waals surface area (Å²) in [6, 6.07) is 7.36. The first-order chi connectivity index (χ1) is 9.52. The number of nitrogens with zero attached hydrogens (tertiary/aromatic N) is 1. The number of anilines is 1. The van der Waals surface area contributed by atoms with E-state index in [-0.39, 0.29) is 0 Å². The van der Waals surface area contributed by atoms with Crippen molar-refractivity contribution in [1.82, 2.24) is 10.3 Å². The van der Waals surface area contributed by atoms with Crippen LogP contribution in [0.1, 0.15) is 16.5 Å². The van der Waals surface area contributed by atoms with Crippen LogP contribution in [0.5, 0.6) is 0 Å². The van der Waals surface area contributed by atoms with Crippen LogP contribution < -0.4 is 11.1 Å². The van der Waals surface area contributed by atoms with Gasteiger partial charge in [-0.15, -0.1) is 11.3 Å². The van der Waals surface area contributed by atoms with Gasteiger partial charge in [-0.05, 0) is 19.5 Å². The summed E-state index contributed by atoms with van der Waals surface area (Å²) in [5, 5.41) is 23.2. The Morgan fingerprint density at radius 2 is 1.95 bits per heavy atom. The molecule has 1 heterocycles. The van der Waals surface area contributed by atoms with Gasteiger partial charge in [0.15, 0.2) is 5.13 Å². The van der Waals surface area contributed by atoms with Crippen molar-refractivity contribution < 1.29 is 10.2 Å². The molecule has 5 N–H and O–H groups in total. The lowest BCUT2D eigenvalue weighted by molar-refractivity contribution is 0.0202. The Hall–Kier alpha value is -1.47. The zero-order valence-corrected chi connectivity index (χ0v) is 12.3. The Bertz CT molecular complexity index is 568. The highest BCUT2D eigenvalue weighted by atomic mass is 32.1. The number of aliphatic hydroxyl groups is 2. The van der Waals surface area contributed by atoms with Crippen molar-refractivity contribution in [3.05, 3.63) is 34.7 Å². The third kappa shape index (κ3) is 3.16. The van der Waals surface area contributed by atoms with Crippen LogP contribution in [-0.4, -0.2) is 34.9 Å². The second-order valence-electron chi connectivity index (χ2n) is 4.65.